The minimum atomic E-state index is -3.14. The van der Waals surface area contributed by atoms with Crippen LogP contribution in [0.25, 0.3) is 0 Å². The second-order valence-electron chi connectivity index (χ2n) is 6.89. The molecule has 0 atom stereocenters. The first-order chi connectivity index (χ1) is 12.5. The van der Waals surface area contributed by atoms with Crippen LogP contribution in [0.4, 0.5) is 0 Å². The molecule has 0 heterocycles. The molecule has 1 rings (SSSR count). The first kappa shape index (κ1) is 23.0. The van der Waals surface area contributed by atoms with Gasteiger partial charge in [0, 0.05) is 0 Å². The van der Waals surface area contributed by atoms with Crippen molar-refractivity contribution in [1.82, 2.24) is 4.90 Å². The third kappa shape index (κ3) is 9.04. The zero-order valence-corrected chi connectivity index (χ0v) is 17.7. The zero-order chi connectivity index (χ0) is 19.3. The maximum Gasteiger partial charge on any atom is 0.178 e. The summed E-state index contributed by atoms with van der Waals surface area (Å²) < 4.78 is 29.8. The lowest BCUT2D eigenvalue weighted by atomic mass is 10.2. The number of nitrogens with zero attached hydrogens (tertiary/aromatic N) is 1. The molecule has 0 aliphatic carbocycles. The summed E-state index contributed by atoms with van der Waals surface area (Å²) in [5.74, 6) is 0.939. The van der Waals surface area contributed by atoms with E-state index >= 15 is 0 Å². The molecule has 0 amide bonds. The van der Waals surface area contributed by atoms with Crippen molar-refractivity contribution in [3.63, 3.8) is 0 Å². The molecule has 5 heteroatoms. The largest absolute Gasteiger partial charge is 0.494 e. The number of ether oxygens (including phenoxy) is 1. The summed E-state index contributed by atoms with van der Waals surface area (Å²) >= 11 is 0. The Hall–Kier alpha value is -1.07. The molecule has 0 radical (unpaired) electrons. The van der Waals surface area contributed by atoms with E-state index in [1.54, 1.807) is 24.3 Å². The Balaban J connectivity index is 2.32. The Morgan fingerprint density at radius 3 is 1.92 bits per heavy atom. The van der Waals surface area contributed by atoms with Gasteiger partial charge in [-0.3, -0.25) is 0 Å². The molecule has 0 fully saturated rings. The minimum Gasteiger partial charge on any atom is -0.494 e. The van der Waals surface area contributed by atoms with Crippen LogP contribution in [0.15, 0.2) is 29.2 Å². The van der Waals surface area contributed by atoms with Crippen molar-refractivity contribution >= 4 is 9.84 Å². The second kappa shape index (κ2) is 13.2. The van der Waals surface area contributed by atoms with Crippen molar-refractivity contribution in [2.45, 2.75) is 70.6 Å². The van der Waals surface area contributed by atoms with Crippen LogP contribution in [0.5, 0.6) is 5.75 Å². The molecule has 4 nitrogen and oxygen atoms in total. The molecule has 26 heavy (non-hydrogen) atoms. The van der Waals surface area contributed by atoms with Crippen molar-refractivity contribution in [2.24, 2.45) is 0 Å². The number of hydrogen-bond acceptors (Lipinski definition) is 4. The van der Waals surface area contributed by atoms with Crippen molar-refractivity contribution < 1.29 is 13.2 Å². The Labute approximate surface area is 160 Å². The van der Waals surface area contributed by atoms with E-state index in [2.05, 4.69) is 18.7 Å². The third-order valence-corrected chi connectivity index (χ3v) is 6.39. The quantitative estimate of drug-likeness (QED) is 0.403. The molecule has 0 unspecified atom stereocenters. The van der Waals surface area contributed by atoms with Crippen LogP contribution in [-0.4, -0.2) is 45.3 Å². The van der Waals surface area contributed by atoms with Crippen LogP contribution in [-0.2, 0) is 9.84 Å². The van der Waals surface area contributed by atoms with Crippen molar-refractivity contribution in [3.05, 3.63) is 24.3 Å². The molecule has 150 valence electrons. The van der Waals surface area contributed by atoms with E-state index in [0.717, 1.165) is 25.1 Å². The van der Waals surface area contributed by atoms with E-state index in [9.17, 15) is 8.42 Å². The second-order valence-corrected chi connectivity index (χ2v) is 9.00. The normalized spacial score (nSPS) is 11.8. The van der Waals surface area contributed by atoms with E-state index < -0.39 is 9.84 Å². The van der Waals surface area contributed by atoms with Gasteiger partial charge >= 0.3 is 0 Å². The summed E-state index contributed by atoms with van der Waals surface area (Å²) in [4.78, 5) is 2.95. The Kier molecular flexibility index (Phi) is 11.6. The number of hydrogen-bond donors (Lipinski definition) is 0. The van der Waals surface area contributed by atoms with Gasteiger partial charge in [-0.15, -0.1) is 0 Å². The van der Waals surface area contributed by atoms with Crippen molar-refractivity contribution in [2.75, 3.05) is 32.0 Å². The highest BCUT2D eigenvalue weighted by Gasteiger charge is 2.12. The monoisotopic (exact) mass is 383 g/mol. The van der Waals surface area contributed by atoms with Gasteiger partial charge in [-0.2, -0.15) is 0 Å². The predicted octanol–water partition coefficient (Wildman–Crippen LogP) is 4.93. The molecule has 1 aromatic rings. The zero-order valence-electron chi connectivity index (χ0n) is 16.9. The maximum absolute atomic E-state index is 12.0. The molecule has 0 spiro atoms. The van der Waals surface area contributed by atoms with Gasteiger partial charge in [-0.1, -0.05) is 33.6 Å². The fourth-order valence-corrected chi connectivity index (χ4v) is 4.18. The van der Waals surface area contributed by atoms with Crippen LogP contribution >= 0.6 is 0 Å². The molecule has 0 aromatic heterocycles. The lowest BCUT2D eigenvalue weighted by Gasteiger charge is -2.21. The van der Waals surface area contributed by atoms with Crippen LogP contribution in [0, 0.1) is 0 Å². The first-order valence-corrected chi connectivity index (χ1v) is 11.9. The predicted molar refractivity (Wildman–Crippen MR) is 110 cm³/mol. The standard InChI is InChI=1S/C21H37NO3S/c1-4-7-15-22(16-8-5-2)17-9-10-18-25-20-11-13-21(14-12-20)26(23,24)19-6-3/h11-14H,4-10,15-19H2,1-3H3. The lowest BCUT2D eigenvalue weighted by Crippen LogP contribution is -2.27. The third-order valence-electron chi connectivity index (χ3n) is 4.45. The van der Waals surface area contributed by atoms with E-state index in [-0.39, 0.29) is 5.75 Å². The number of sulfone groups is 1. The van der Waals surface area contributed by atoms with Crippen LogP contribution in [0.1, 0.15) is 65.7 Å². The molecule has 0 bridgehead atoms. The van der Waals surface area contributed by atoms with Crippen LogP contribution in [0.3, 0.4) is 0 Å². The van der Waals surface area contributed by atoms with Crippen molar-refractivity contribution in [1.29, 1.82) is 0 Å². The minimum absolute atomic E-state index is 0.194. The molecule has 1 aromatic carbocycles. The summed E-state index contributed by atoms with van der Waals surface area (Å²) in [5, 5.41) is 0. The topological polar surface area (TPSA) is 46.6 Å². The highest BCUT2D eigenvalue weighted by molar-refractivity contribution is 7.91. The van der Waals surface area contributed by atoms with Gasteiger partial charge in [0.15, 0.2) is 9.84 Å². The number of rotatable bonds is 15. The molecular weight excluding hydrogens is 346 g/mol. The smallest absolute Gasteiger partial charge is 0.178 e. The number of benzene rings is 1. The summed E-state index contributed by atoms with van der Waals surface area (Å²) in [5.41, 5.74) is 0. The van der Waals surface area contributed by atoms with E-state index in [1.807, 2.05) is 6.92 Å². The van der Waals surface area contributed by atoms with E-state index in [0.29, 0.717) is 17.9 Å². The Bertz CT molecular complexity index is 561. The highest BCUT2D eigenvalue weighted by Crippen LogP contribution is 2.18. The van der Waals surface area contributed by atoms with Gasteiger partial charge < -0.3 is 9.64 Å². The average Bonchev–Trinajstić information content (AvgIpc) is 2.63. The van der Waals surface area contributed by atoms with Crippen LogP contribution in [0.2, 0.25) is 0 Å². The molecule has 0 aliphatic heterocycles. The van der Waals surface area contributed by atoms with Gasteiger partial charge in [0.05, 0.1) is 17.3 Å². The molecular formula is C21H37NO3S. The van der Waals surface area contributed by atoms with E-state index in [4.69, 9.17) is 4.74 Å². The van der Waals surface area contributed by atoms with Gasteiger partial charge in [-0.25, -0.2) is 8.42 Å². The van der Waals surface area contributed by atoms with E-state index in [1.165, 1.54) is 38.8 Å². The van der Waals surface area contributed by atoms with Gasteiger partial charge in [0.2, 0.25) is 0 Å². The summed E-state index contributed by atoms with van der Waals surface area (Å²) in [6.45, 7) is 10.6. The fraction of sp³-hybridized carbons (Fsp3) is 0.714. The summed E-state index contributed by atoms with van der Waals surface area (Å²) in [6.07, 6.45) is 7.82. The van der Waals surface area contributed by atoms with Crippen molar-refractivity contribution in [3.8, 4) is 5.75 Å². The number of unbranched alkanes of at least 4 members (excludes halogenated alkanes) is 3. The summed E-state index contributed by atoms with van der Waals surface area (Å²) in [6, 6.07) is 6.82. The van der Waals surface area contributed by atoms with Gasteiger partial charge in [0.1, 0.15) is 5.75 Å². The average molecular weight is 384 g/mol. The molecule has 0 N–H and O–H groups in total. The molecule has 0 saturated carbocycles. The lowest BCUT2D eigenvalue weighted by molar-refractivity contribution is 0.243. The SMILES string of the molecule is CCCCN(CCCC)CCCCOc1ccc(S(=O)(=O)CCC)cc1. The fourth-order valence-electron chi connectivity index (χ4n) is 2.86. The molecule has 0 saturated heterocycles. The Morgan fingerprint density at radius 2 is 1.38 bits per heavy atom. The highest BCUT2D eigenvalue weighted by atomic mass is 32.2. The van der Waals surface area contributed by atoms with Gasteiger partial charge in [-0.05, 0) is 76.0 Å². The maximum atomic E-state index is 12.0. The molecule has 0 aliphatic rings. The summed E-state index contributed by atoms with van der Waals surface area (Å²) in [7, 11) is -3.14. The Morgan fingerprint density at radius 1 is 0.808 bits per heavy atom. The van der Waals surface area contributed by atoms with Crippen LogP contribution < -0.4 is 4.74 Å². The first-order valence-electron chi connectivity index (χ1n) is 10.2. The van der Waals surface area contributed by atoms with Gasteiger partial charge in [0.25, 0.3) is 0 Å².